The van der Waals surface area contributed by atoms with Crippen LogP contribution in [0.5, 0.6) is 0 Å². The molecule has 1 aromatic heterocycles. The van der Waals surface area contributed by atoms with Crippen LogP contribution in [0.25, 0.3) is 0 Å². The zero-order chi connectivity index (χ0) is 9.80. The fourth-order valence-corrected chi connectivity index (χ4v) is 2.98. The third-order valence-corrected chi connectivity index (χ3v) is 3.82. The maximum atomic E-state index is 10.4. The van der Waals surface area contributed by atoms with Crippen LogP contribution >= 0.6 is 11.8 Å². The smallest absolute Gasteiger partial charge is 0.170 e. The average molecular weight is 210 g/mol. The van der Waals surface area contributed by atoms with Gasteiger partial charge in [-0.25, -0.2) is 0 Å². The topological polar surface area (TPSA) is 45.8 Å². The summed E-state index contributed by atoms with van der Waals surface area (Å²) in [5.41, 5.74) is 1.61. The monoisotopic (exact) mass is 210 g/mol. The number of aromatic nitrogens is 2. The fraction of sp³-hybridized carbons (Fsp3) is 0.600. The van der Waals surface area contributed by atoms with E-state index in [9.17, 15) is 4.79 Å². The Morgan fingerprint density at radius 2 is 2.64 bits per heavy atom. The predicted molar refractivity (Wildman–Crippen MR) is 57.7 cm³/mol. The first-order chi connectivity index (χ1) is 6.88. The first-order valence-electron chi connectivity index (χ1n) is 4.95. The van der Waals surface area contributed by atoms with Gasteiger partial charge in [0.1, 0.15) is 5.69 Å². The van der Waals surface area contributed by atoms with E-state index >= 15 is 0 Å². The lowest BCUT2D eigenvalue weighted by Crippen LogP contribution is -2.13. The lowest BCUT2D eigenvalue weighted by atomic mass is 10.00. The van der Waals surface area contributed by atoms with Crippen LogP contribution in [-0.2, 0) is 6.42 Å². The number of carbonyl (C=O) groups excluding carboxylic acids is 1. The molecule has 0 aromatic carbocycles. The number of H-pyrrole nitrogens is 1. The lowest BCUT2D eigenvalue weighted by molar-refractivity contribution is 0.111. The Morgan fingerprint density at radius 1 is 1.71 bits per heavy atom. The van der Waals surface area contributed by atoms with E-state index in [2.05, 4.69) is 10.2 Å². The van der Waals surface area contributed by atoms with E-state index in [1.807, 2.05) is 17.8 Å². The van der Waals surface area contributed by atoms with Crippen molar-refractivity contribution < 1.29 is 4.79 Å². The molecule has 0 spiro atoms. The summed E-state index contributed by atoms with van der Waals surface area (Å²) in [7, 11) is 0. The molecule has 0 amide bonds. The predicted octanol–water partition coefficient (Wildman–Crippen LogP) is 1.91. The van der Waals surface area contributed by atoms with Gasteiger partial charge in [0.05, 0.1) is 0 Å². The summed E-state index contributed by atoms with van der Waals surface area (Å²) < 4.78 is 0. The molecule has 1 aliphatic heterocycles. The maximum Gasteiger partial charge on any atom is 0.170 e. The van der Waals surface area contributed by atoms with Crippen molar-refractivity contribution in [2.24, 2.45) is 5.92 Å². The van der Waals surface area contributed by atoms with E-state index in [0.717, 1.165) is 24.3 Å². The molecule has 2 rings (SSSR count). The second-order valence-corrected chi connectivity index (χ2v) is 4.87. The van der Waals surface area contributed by atoms with Gasteiger partial charge in [-0.3, -0.25) is 9.89 Å². The van der Waals surface area contributed by atoms with Crippen LogP contribution in [0.1, 0.15) is 29.0 Å². The number of rotatable bonds is 3. The standard InChI is InChI=1S/C10H14N2OS/c13-6-10-5-9(11-12-10)4-8-2-1-3-14-7-8/h5-6,8H,1-4,7H2,(H,11,12). The van der Waals surface area contributed by atoms with Crippen molar-refractivity contribution in [3.8, 4) is 0 Å². The Bertz CT molecular complexity index is 305. The van der Waals surface area contributed by atoms with Crippen LogP contribution in [0.3, 0.4) is 0 Å². The van der Waals surface area contributed by atoms with Crippen molar-refractivity contribution >= 4 is 18.0 Å². The molecule has 3 nitrogen and oxygen atoms in total. The van der Waals surface area contributed by atoms with E-state index in [1.54, 1.807) is 0 Å². The van der Waals surface area contributed by atoms with Crippen LogP contribution in [0.2, 0.25) is 0 Å². The summed E-state index contributed by atoms with van der Waals surface area (Å²) >= 11 is 2.03. The maximum absolute atomic E-state index is 10.4. The van der Waals surface area contributed by atoms with E-state index in [-0.39, 0.29) is 0 Å². The number of nitrogens with zero attached hydrogens (tertiary/aromatic N) is 1. The van der Waals surface area contributed by atoms with E-state index in [1.165, 1.54) is 24.3 Å². The van der Waals surface area contributed by atoms with Gasteiger partial charge in [0.25, 0.3) is 0 Å². The number of aldehydes is 1. The molecule has 2 heterocycles. The highest BCUT2D eigenvalue weighted by Gasteiger charge is 2.15. The summed E-state index contributed by atoms with van der Waals surface area (Å²) in [5.74, 6) is 3.31. The van der Waals surface area contributed by atoms with Gasteiger partial charge in [-0.1, -0.05) is 0 Å². The van der Waals surface area contributed by atoms with Crippen LogP contribution in [0.15, 0.2) is 6.07 Å². The third kappa shape index (κ3) is 2.38. The normalized spacial score (nSPS) is 22.1. The van der Waals surface area contributed by atoms with Crippen LogP contribution in [-0.4, -0.2) is 28.0 Å². The van der Waals surface area contributed by atoms with Gasteiger partial charge in [0, 0.05) is 5.69 Å². The molecule has 1 aromatic rings. The number of hydrogen-bond donors (Lipinski definition) is 1. The van der Waals surface area contributed by atoms with Gasteiger partial charge in [-0.15, -0.1) is 0 Å². The van der Waals surface area contributed by atoms with Crippen molar-refractivity contribution in [3.05, 3.63) is 17.5 Å². The van der Waals surface area contributed by atoms with Gasteiger partial charge < -0.3 is 0 Å². The molecule has 76 valence electrons. The summed E-state index contributed by atoms with van der Waals surface area (Å²) in [5, 5.41) is 6.81. The second kappa shape index (κ2) is 4.64. The van der Waals surface area contributed by atoms with Gasteiger partial charge in [-0.05, 0) is 42.8 Å². The number of hydrogen-bond acceptors (Lipinski definition) is 3. The zero-order valence-corrected chi connectivity index (χ0v) is 8.85. The van der Waals surface area contributed by atoms with Crippen LogP contribution in [0, 0.1) is 5.92 Å². The largest absolute Gasteiger partial charge is 0.296 e. The number of nitrogens with one attached hydrogen (secondary N) is 1. The van der Waals surface area contributed by atoms with Crippen molar-refractivity contribution in [3.63, 3.8) is 0 Å². The highest BCUT2D eigenvalue weighted by Crippen LogP contribution is 2.25. The quantitative estimate of drug-likeness (QED) is 0.775. The van der Waals surface area contributed by atoms with Crippen LogP contribution < -0.4 is 0 Å². The first kappa shape index (κ1) is 9.77. The molecule has 1 aliphatic rings. The van der Waals surface area contributed by atoms with Crippen molar-refractivity contribution in [2.75, 3.05) is 11.5 Å². The number of aromatic amines is 1. The molecule has 0 radical (unpaired) electrons. The molecule has 1 unspecified atom stereocenters. The van der Waals surface area contributed by atoms with E-state index < -0.39 is 0 Å². The number of carbonyl (C=O) groups is 1. The van der Waals surface area contributed by atoms with Crippen molar-refractivity contribution in [2.45, 2.75) is 19.3 Å². The number of thioether (sulfide) groups is 1. The molecule has 1 N–H and O–H groups in total. The molecule has 14 heavy (non-hydrogen) atoms. The van der Waals surface area contributed by atoms with Gasteiger partial charge in [-0.2, -0.15) is 16.9 Å². The fourth-order valence-electron chi connectivity index (χ4n) is 1.82. The Morgan fingerprint density at radius 3 is 3.29 bits per heavy atom. The molecule has 4 heteroatoms. The van der Waals surface area contributed by atoms with Gasteiger partial charge in [0.15, 0.2) is 6.29 Å². The van der Waals surface area contributed by atoms with Crippen molar-refractivity contribution in [1.82, 2.24) is 10.2 Å². The minimum atomic E-state index is 0.517. The average Bonchev–Trinajstić information content (AvgIpc) is 2.67. The summed E-state index contributed by atoms with van der Waals surface area (Å²) in [6.07, 6.45) is 4.45. The zero-order valence-electron chi connectivity index (χ0n) is 8.03. The lowest BCUT2D eigenvalue weighted by Gasteiger charge is -2.20. The third-order valence-electron chi connectivity index (χ3n) is 2.53. The molecule has 1 fully saturated rings. The Hall–Kier alpha value is -0.770. The molecule has 0 saturated carbocycles. The molecule has 1 atom stereocenters. The Kier molecular flexibility index (Phi) is 3.24. The van der Waals surface area contributed by atoms with E-state index in [4.69, 9.17) is 0 Å². The Balaban J connectivity index is 1.92. The molecular weight excluding hydrogens is 196 g/mol. The summed E-state index contributed by atoms with van der Waals surface area (Å²) in [6.45, 7) is 0. The molecule has 0 bridgehead atoms. The SMILES string of the molecule is O=Cc1cc(CC2CCCSC2)[nH]n1. The molecular formula is C10H14N2OS. The first-order valence-corrected chi connectivity index (χ1v) is 6.11. The van der Waals surface area contributed by atoms with Gasteiger partial charge in [0.2, 0.25) is 0 Å². The highest BCUT2D eigenvalue weighted by atomic mass is 32.2. The Labute approximate surface area is 87.7 Å². The minimum absolute atomic E-state index is 0.517. The molecule has 1 saturated heterocycles. The van der Waals surface area contributed by atoms with Crippen LogP contribution in [0.4, 0.5) is 0 Å². The highest BCUT2D eigenvalue weighted by molar-refractivity contribution is 7.99. The van der Waals surface area contributed by atoms with Gasteiger partial charge >= 0.3 is 0 Å². The summed E-state index contributed by atoms with van der Waals surface area (Å²) in [4.78, 5) is 10.4. The van der Waals surface area contributed by atoms with Crippen molar-refractivity contribution in [1.29, 1.82) is 0 Å². The molecule has 0 aliphatic carbocycles. The summed E-state index contributed by atoms with van der Waals surface area (Å²) in [6, 6.07) is 1.85. The van der Waals surface area contributed by atoms with E-state index in [0.29, 0.717) is 5.69 Å². The minimum Gasteiger partial charge on any atom is -0.296 e. The second-order valence-electron chi connectivity index (χ2n) is 3.72.